The number of aryl methyl sites for hydroxylation is 1. The molecule has 0 spiro atoms. The van der Waals surface area contributed by atoms with Crippen molar-refractivity contribution in [2.45, 2.75) is 38.3 Å². The molecule has 4 aromatic rings. The zero-order valence-corrected chi connectivity index (χ0v) is 19.9. The van der Waals surface area contributed by atoms with E-state index in [0.29, 0.717) is 34.8 Å². The third-order valence-corrected chi connectivity index (χ3v) is 6.58. The summed E-state index contributed by atoms with van der Waals surface area (Å²) >= 11 is 6.23. The van der Waals surface area contributed by atoms with Gasteiger partial charge in [-0.25, -0.2) is 9.07 Å². The first-order valence-electron chi connectivity index (χ1n) is 11.3. The number of para-hydroxylation sites is 1. The lowest BCUT2D eigenvalue weighted by Crippen LogP contribution is -2.49. The standard InChI is InChI=1S/C26H23ClFN5O2/c1-15-7-8-17(14-29-15)24(34)31-26(11-12-26)25(35)30-16(2)19-10-9-18(13-21(19)28)33-22-6-4-3-5-20(22)23(27)32-33/h3-10,13-14,16H,11-12H2,1-2H3,(H,30,35)(H,31,34)/t16-/m1/s1. The summed E-state index contributed by atoms with van der Waals surface area (Å²) in [5.74, 6) is -1.18. The number of carbonyl (C=O) groups excluding carboxylic acids is 2. The summed E-state index contributed by atoms with van der Waals surface area (Å²) in [7, 11) is 0. The van der Waals surface area contributed by atoms with Crippen molar-refractivity contribution in [2.24, 2.45) is 0 Å². The highest BCUT2D eigenvalue weighted by atomic mass is 35.5. The summed E-state index contributed by atoms with van der Waals surface area (Å²) in [5.41, 5.74) is 1.81. The molecule has 2 aromatic heterocycles. The van der Waals surface area contributed by atoms with Crippen LogP contribution in [0.3, 0.4) is 0 Å². The van der Waals surface area contributed by atoms with E-state index in [1.54, 1.807) is 35.9 Å². The molecule has 1 fully saturated rings. The summed E-state index contributed by atoms with van der Waals surface area (Å²) in [5, 5.41) is 11.1. The van der Waals surface area contributed by atoms with Crippen molar-refractivity contribution in [1.82, 2.24) is 25.4 Å². The van der Waals surface area contributed by atoms with Gasteiger partial charge in [0.15, 0.2) is 5.15 Å². The number of halogens is 2. The van der Waals surface area contributed by atoms with Crippen LogP contribution in [0.15, 0.2) is 60.8 Å². The van der Waals surface area contributed by atoms with Crippen LogP contribution in [0.1, 0.15) is 47.4 Å². The molecule has 2 heterocycles. The number of nitrogens with zero attached hydrogens (tertiary/aromatic N) is 3. The Kier molecular flexibility index (Phi) is 5.76. The molecule has 2 aromatic carbocycles. The number of fused-ring (bicyclic) bond motifs is 1. The van der Waals surface area contributed by atoms with Crippen molar-refractivity contribution in [3.05, 3.63) is 88.6 Å². The first kappa shape index (κ1) is 23.0. The van der Waals surface area contributed by atoms with E-state index in [2.05, 4.69) is 20.7 Å². The molecule has 1 aliphatic carbocycles. The van der Waals surface area contributed by atoms with Gasteiger partial charge in [0.2, 0.25) is 5.91 Å². The molecule has 1 saturated carbocycles. The van der Waals surface area contributed by atoms with Gasteiger partial charge in [-0.1, -0.05) is 29.8 Å². The van der Waals surface area contributed by atoms with Crippen LogP contribution in [0.2, 0.25) is 5.15 Å². The molecule has 7 nitrogen and oxygen atoms in total. The molecule has 0 aliphatic heterocycles. The van der Waals surface area contributed by atoms with Gasteiger partial charge in [-0.2, -0.15) is 5.10 Å². The van der Waals surface area contributed by atoms with Gasteiger partial charge in [0.25, 0.3) is 5.91 Å². The first-order valence-corrected chi connectivity index (χ1v) is 11.6. The van der Waals surface area contributed by atoms with Crippen LogP contribution in [-0.2, 0) is 4.79 Å². The average Bonchev–Trinajstić information content (AvgIpc) is 3.55. The van der Waals surface area contributed by atoms with Crippen molar-refractivity contribution >= 4 is 34.3 Å². The van der Waals surface area contributed by atoms with Crippen LogP contribution >= 0.6 is 11.6 Å². The van der Waals surface area contributed by atoms with Crippen molar-refractivity contribution in [2.75, 3.05) is 0 Å². The van der Waals surface area contributed by atoms with Crippen LogP contribution in [0, 0.1) is 12.7 Å². The lowest BCUT2D eigenvalue weighted by atomic mass is 10.1. The van der Waals surface area contributed by atoms with Gasteiger partial charge in [0, 0.05) is 22.8 Å². The predicted octanol–water partition coefficient (Wildman–Crippen LogP) is 4.66. The van der Waals surface area contributed by atoms with Crippen LogP contribution < -0.4 is 10.6 Å². The predicted molar refractivity (Wildman–Crippen MR) is 131 cm³/mol. The Bertz CT molecular complexity index is 1450. The summed E-state index contributed by atoms with van der Waals surface area (Å²) in [4.78, 5) is 29.7. The maximum atomic E-state index is 15.1. The maximum absolute atomic E-state index is 15.1. The van der Waals surface area contributed by atoms with E-state index in [1.807, 2.05) is 31.2 Å². The van der Waals surface area contributed by atoms with Gasteiger partial charge in [0.1, 0.15) is 11.4 Å². The third-order valence-electron chi connectivity index (χ3n) is 6.30. The van der Waals surface area contributed by atoms with E-state index >= 15 is 4.39 Å². The molecule has 1 atom stereocenters. The van der Waals surface area contributed by atoms with E-state index in [0.717, 1.165) is 16.6 Å². The second kappa shape index (κ2) is 8.78. The Morgan fingerprint density at radius 1 is 1.14 bits per heavy atom. The molecule has 0 unspecified atom stereocenters. The molecule has 35 heavy (non-hydrogen) atoms. The molecule has 0 radical (unpaired) electrons. The van der Waals surface area contributed by atoms with E-state index in [4.69, 9.17) is 11.6 Å². The highest BCUT2D eigenvalue weighted by Crippen LogP contribution is 2.37. The molecule has 178 valence electrons. The summed E-state index contributed by atoms with van der Waals surface area (Å²) in [6, 6.07) is 15.0. The number of aromatic nitrogens is 3. The summed E-state index contributed by atoms with van der Waals surface area (Å²) < 4.78 is 16.7. The van der Waals surface area contributed by atoms with Gasteiger partial charge in [-0.15, -0.1) is 0 Å². The third kappa shape index (κ3) is 4.37. The Hall–Kier alpha value is -3.78. The smallest absolute Gasteiger partial charge is 0.253 e. The second-order valence-electron chi connectivity index (χ2n) is 8.85. The maximum Gasteiger partial charge on any atom is 0.253 e. The molecule has 2 amide bonds. The van der Waals surface area contributed by atoms with E-state index < -0.39 is 17.4 Å². The van der Waals surface area contributed by atoms with Gasteiger partial charge < -0.3 is 10.6 Å². The highest BCUT2D eigenvalue weighted by Gasteiger charge is 2.51. The number of pyridine rings is 1. The number of nitrogens with one attached hydrogen (secondary N) is 2. The molecular formula is C26H23ClFN5O2. The van der Waals surface area contributed by atoms with Gasteiger partial charge >= 0.3 is 0 Å². The topological polar surface area (TPSA) is 88.9 Å². The molecule has 5 rings (SSSR count). The van der Waals surface area contributed by atoms with Gasteiger partial charge in [-0.05, 0) is 63.1 Å². The lowest BCUT2D eigenvalue weighted by Gasteiger charge is -2.21. The van der Waals surface area contributed by atoms with Crippen molar-refractivity contribution in [3.63, 3.8) is 0 Å². The minimum absolute atomic E-state index is 0.328. The molecule has 9 heteroatoms. The number of carbonyl (C=O) groups is 2. The molecular weight excluding hydrogens is 469 g/mol. The number of rotatable bonds is 6. The number of benzene rings is 2. The highest BCUT2D eigenvalue weighted by molar-refractivity contribution is 6.34. The fraction of sp³-hybridized carbons (Fsp3) is 0.231. The summed E-state index contributed by atoms with van der Waals surface area (Å²) in [6.45, 7) is 3.54. The quantitative estimate of drug-likeness (QED) is 0.410. The van der Waals surface area contributed by atoms with Crippen LogP contribution in [-0.4, -0.2) is 32.1 Å². The largest absolute Gasteiger partial charge is 0.347 e. The number of amides is 2. The minimum Gasteiger partial charge on any atom is -0.347 e. The van der Waals surface area contributed by atoms with Crippen LogP contribution in [0.4, 0.5) is 4.39 Å². The molecule has 2 N–H and O–H groups in total. The lowest BCUT2D eigenvalue weighted by molar-refractivity contribution is -0.124. The number of hydrogen-bond donors (Lipinski definition) is 2. The normalized spacial score (nSPS) is 15.0. The SMILES string of the molecule is Cc1ccc(C(=O)NC2(C(=O)N[C@H](C)c3ccc(-n4nc(Cl)c5ccccc54)cc3F)CC2)cn1. The zero-order chi connectivity index (χ0) is 24.7. The zero-order valence-electron chi connectivity index (χ0n) is 19.2. The van der Waals surface area contributed by atoms with E-state index in [9.17, 15) is 9.59 Å². The van der Waals surface area contributed by atoms with E-state index in [1.165, 1.54) is 12.3 Å². The van der Waals surface area contributed by atoms with Gasteiger partial charge in [-0.3, -0.25) is 14.6 Å². The van der Waals surface area contributed by atoms with Gasteiger partial charge in [0.05, 0.1) is 22.8 Å². The molecule has 0 saturated heterocycles. The molecule has 1 aliphatic rings. The first-order chi connectivity index (χ1) is 16.8. The van der Waals surface area contributed by atoms with Crippen LogP contribution in [0.25, 0.3) is 16.6 Å². The minimum atomic E-state index is -0.989. The second-order valence-corrected chi connectivity index (χ2v) is 9.20. The Morgan fingerprint density at radius 3 is 2.60 bits per heavy atom. The summed E-state index contributed by atoms with van der Waals surface area (Å²) in [6.07, 6.45) is 2.52. The number of hydrogen-bond acceptors (Lipinski definition) is 4. The fourth-order valence-corrected chi connectivity index (χ4v) is 4.30. The monoisotopic (exact) mass is 491 g/mol. The Labute approximate surface area is 206 Å². The Morgan fingerprint density at radius 2 is 1.91 bits per heavy atom. The van der Waals surface area contributed by atoms with Crippen molar-refractivity contribution in [3.8, 4) is 5.69 Å². The Balaban J connectivity index is 1.30. The molecule has 0 bridgehead atoms. The van der Waals surface area contributed by atoms with E-state index in [-0.39, 0.29) is 11.8 Å². The van der Waals surface area contributed by atoms with Crippen molar-refractivity contribution in [1.29, 1.82) is 0 Å². The van der Waals surface area contributed by atoms with Crippen molar-refractivity contribution < 1.29 is 14.0 Å². The average molecular weight is 492 g/mol. The fourth-order valence-electron chi connectivity index (χ4n) is 4.06. The van der Waals surface area contributed by atoms with Crippen LogP contribution in [0.5, 0.6) is 0 Å².